The Balaban J connectivity index is 0.981. The number of hydrogen-bond donors (Lipinski definition) is 0. The van der Waals surface area contributed by atoms with E-state index in [4.69, 9.17) is 4.42 Å². The number of anilines is 3. The average Bonchev–Trinajstić information content (AvgIpc) is 3.66. The molecule has 0 fully saturated rings. The van der Waals surface area contributed by atoms with E-state index in [1.54, 1.807) is 0 Å². The first-order valence-corrected chi connectivity index (χ1v) is 19.2. The minimum absolute atomic E-state index is 0.904. The van der Waals surface area contributed by atoms with Crippen molar-refractivity contribution in [2.45, 2.75) is 0 Å². The van der Waals surface area contributed by atoms with Crippen LogP contribution in [0.2, 0.25) is 0 Å². The average molecular weight is 714 g/mol. The molecule has 0 saturated carbocycles. The molecule has 0 bridgehead atoms. The molecule has 1 heterocycles. The van der Waals surface area contributed by atoms with Gasteiger partial charge in [-0.2, -0.15) is 0 Å². The second kappa shape index (κ2) is 13.2. The van der Waals surface area contributed by atoms with E-state index >= 15 is 0 Å². The van der Waals surface area contributed by atoms with Gasteiger partial charge in [0.25, 0.3) is 0 Å². The third-order valence-electron chi connectivity index (χ3n) is 11.3. The maximum Gasteiger partial charge on any atom is 0.136 e. The van der Waals surface area contributed by atoms with Crippen LogP contribution in [0.4, 0.5) is 17.1 Å². The molecule has 262 valence electrons. The molecule has 0 spiro atoms. The molecule has 0 unspecified atom stereocenters. The van der Waals surface area contributed by atoms with E-state index in [0.717, 1.165) is 44.6 Å². The Bertz CT molecular complexity index is 3210. The Hall–Kier alpha value is -7.42. The Morgan fingerprint density at radius 2 is 0.804 bits per heavy atom. The van der Waals surface area contributed by atoms with Crippen LogP contribution in [-0.4, -0.2) is 0 Å². The van der Waals surface area contributed by atoms with Crippen molar-refractivity contribution in [3.63, 3.8) is 0 Å². The second-order valence-electron chi connectivity index (χ2n) is 14.5. The van der Waals surface area contributed by atoms with E-state index < -0.39 is 0 Å². The first-order valence-electron chi connectivity index (χ1n) is 19.2. The van der Waals surface area contributed by atoms with Gasteiger partial charge in [0.1, 0.15) is 11.2 Å². The van der Waals surface area contributed by atoms with Gasteiger partial charge in [-0.05, 0) is 120 Å². The molecule has 0 radical (unpaired) electrons. The van der Waals surface area contributed by atoms with Crippen LogP contribution in [0.15, 0.2) is 217 Å². The monoisotopic (exact) mass is 713 g/mol. The highest BCUT2D eigenvalue weighted by Crippen LogP contribution is 2.41. The summed E-state index contributed by atoms with van der Waals surface area (Å²) in [5, 5.41) is 9.96. The summed E-state index contributed by atoms with van der Waals surface area (Å²) < 4.78 is 6.22. The lowest BCUT2D eigenvalue weighted by Crippen LogP contribution is -2.09. The Kier molecular flexibility index (Phi) is 7.53. The lowest BCUT2D eigenvalue weighted by Gasteiger charge is -2.26. The van der Waals surface area contributed by atoms with Crippen LogP contribution in [0.5, 0.6) is 0 Å². The SMILES string of the molecule is c1ccc(-c2ccc(N(c3ccc(-c4ccc5c(ccc6ccc7ccccc7c65)c4)cc3)c3ccc(-c4cccc5oc6ccccc6c45)cc3)cc2)cc1. The van der Waals surface area contributed by atoms with E-state index in [2.05, 4.69) is 205 Å². The van der Waals surface area contributed by atoms with Crippen molar-refractivity contribution in [3.05, 3.63) is 212 Å². The molecule has 10 aromatic carbocycles. The molecular formula is C54H35NO. The molecule has 0 N–H and O–H groups in total. The summed E-state index contributed by atoms with van der Waals surface area (Å²) in [6.07, 6.45) is 0. The van der Waals surface area contributed by atoms with Crippen molar-refractivity contribution in [2.24, 2.45) is 0 Å². The number of benzene rings is 10. The first kappa shape index (κ1) is 32.0. The third kappa shape index (κ3) is 5.42. The molecule has 0 aliphatic heterocycles. The van der Waals surface area contributed by atoms with Crippen molar-refractivity contribution in [1.82, 2.24) is 0 Å². The largest absolute Gasteiger partial charge is 0.456 e. The second-order valence-corrected chi connectivity index (χ2v) is 14.5. The molecule has 0 atom stereocenters. The van der Waals surface area contributed by atoms with Crippen molar-refractivity contribution >= 4 is 71.3 Å². The van der Waals surface area contributed by atoms with Crippen LogP contribution in [0.25, 0.3) is 87.6 Å². The molecule has 0 saturated heterocycles. The summed E-state index contributed by atoms with van der Waals surface area (Å²) >= 11 is 0. The fraction of sp³-hybridized carbons (Fsp3) is 0. The number of furan rings is 1. The maximum absolute atomic E-state index is 6.22. The third-order valence-corrected chi connectivity index (χ3v) is 11.3. The Labute approximate surface area is 325 Å². The molecular weight excluding hydrogens is 679 g/mol. The van der Waals surface area contributed by atoms with Gasteiger partial charge in [-0.25, -0.2) is 0 Å². The van der Waals surface area contributed by atoms with E-state index in [1.807, 2.05) is 12.1 Å². The fourth-order valence-electron chi connectivity index (χ4n) is 8.50. The lowest BCUT2D eigenvalue weighted by atomic mass is 9.94. The van der Waals surface area contributed by atoms with E-state index in [9.17, 15) is 0 Å². The highest BCUT2D eigenvalue weighted by Gasteiger charge is 2.16. The van der Waals surface area contributed by atoms with Crippen LogP contribution in [0.3, 0.4) is 0 Å². The van der Waals surface area contributed by atoms with Crippen LogP contribution < -0.4 is 4.90 Å². The molecule has 0 aliphatic rings. The predicted molar refractivity (Wildman–Crippen MR) is 237 cm³/mol. The van der Waals surface area contributed by atoms with E-state index in [1.165, 1.54) is 60.1 Å². The van der Waals surface area contributed by atoms with Gasteiger partial charge in [0.2, 0.25) is 0 Å². The van der Waals surface area contributed by atoms with Crippen molar-refractivity contribution < 1.29 is 4.42 Å². The number of nitrogens with zero attached hydrogens (tertiary/aromatic N) is 1. The Morgan fingerprint density at radius 3 is 1.54 bits per heavy atom. The van der Waals surface area contributed by atoms with Crippen LogP contribution in [0, 0.1) is 0 Å². The molecule has 0 amide bonds. The summed E-state index contributed by atoms with van der Waals surface area (Å²) in [4.78, 5) is 2.34. The summed E-state index contributed by atoms with van der Waals surface area (Å²) in [5.74, 6) is 0. The van der Waals surface area contributed by atoms with Gasteiger partial charge < -0.3 is 9.32 Å². The molecule has 1 aromatic heterocycles. The van der Waals surface area contributed by atoms with Gasteiger partial charge in [0, 0.05) is 27.8 Å². The summed E-state index contributed by atoms with van der Waals surface area (Å²) in [7, 11) is 0. The zero-order valence-electron chi connectivity index (χ0n) is 30.6. The Morgan fingerprint density at radius 1 is 0.286 bits per heavy atom. The first-order chi connectivity index (χ1) is 27.7. The van der Waals surface area contributed by atoms with Crippen molar-refractivity contribution in [1.29, 1.82) is 0 Å². The van der Waals surface area contributed by atoms with Gasteiger partial charge in [0.15, 0.2) is 0 Å². The smallest absolute Gasteiger partial charge is 0.136 e. The normalized spacial score (nSPS) is 11.6. The summed E-state index contributed by atoms with van der Waals surface area (Å²) in [5.41, 5.74) is 12.2. The lowest BCUT2D eigenvalue weighted by molar-refractivity contribution is 0.669. The van der Waals surface area contributed by atoms with Crippen LogP contribution in [0.1, 0.15) is 0 Å². The fourth-order valence-corrected chi connectivity index (χ4v) is 8.50. The summed E-state index contributed by atoms with van der Waals surface area (Å²) in [6, 6.07) is 76.5. The quantitative estimate of drug-likeness (QED) is 0.160. The summed E-state index contributed by atoms with van der Waals surface area (Å²) in [6.45, 7) is 0. The highest BCUT2D eigenvalue weighted by atomic mass is 16.3. The minimum Gasteiger partial charge on any atom is -0.456 e. The molecule has 56 heavy (non-hydrogen) atoms. The molecule has 11 aromatic rings. The van der Waals surface area contributed by atoms with E-state index in [0.29, 0.717) is 0 Å². The number of fused-ring (bicyclic) bond motifs is 8. The maximum atomic E-state index is 6.22. The minimum atomic E-state index is 0.904. The zero-order valence-corrected chi connectivity index (χ0v) is 30.6. The van der Waals surface area contributed by atoms with E-state index in [-0.39, 0.29) is 0 Å². The predicted octanol–water partition coefficient (Wildman–Crippen LogP) is 15.5. The molecule has 2 heteroatoms. The zero-order chi connectivity index (χ0) is 37.0. The molecule has 2 nitrogen and oxygen atoms in total. The van der Waals surface area contributed by atoms with Crippen LogP contribution in [-0.2, 0) is 0 Å². The molecule has 11 rings (SSSR count). The van der Waals surface area contributed by atoms with Gasteiger partial charge in [-0.1, -0.05) is 158 Å². The topological polar surface area (TPSA) is 16.4 Å². The van der Waals surface area contributed by atoms with Gasteiger partial charge in [-0.3, -0.25) is 0 Å². The van der Waals surface area contributed by atoms with Gasteiger partial charge >= 0.3 is 0 Å². The van der Waals surface area contributed by atoms with Gasteiger partial charge in [-0.15, -0.1) is 0 Å². The van der Waals surface area contributed by atoms with Crippen molar-refractivity contribution in [2.75, 3.05) is 4.90 Å². The van der Waals surface area contributed by atoms with Crippen LogP contribution >= 0.6 is 0 Å². The van der Waals surface area contributed by atoms with Crippen molar-refractivity contribution in [3.8, 4) is 33.4 Å². The standard InChI is InChI=1S/C54H35NO/c1-2-9-36(10-3-1)37-21-28-44(29-22-37)55(46-32-25-40(26-33-46)48-14-8-16-52-54(48)50-13-6-7-15-51(50)56-52)45-30-23-38(24-31-45)42-27-34-49-43(35-42)20-19-41-18-17-39-11-4-5-12-47(39)53(41)49/h1-35H. The van der Waals surface area contributed by atoms with Gasteiger partial charge in [0.05, 0.1) is 0 Å². The highest BCUT2D eigenvalue weighted by molar-refractivity contribution is 6.20. The number of para-hydroxylation sites is 1. The number of rotatable bonds is 6. The number of hydrogen-bond acceptors (Lipinski definition) is 2. The molecule has 0 aliphatic carbocycles.